The number of rotatable bonds is 2. The molecule has 1 aliphatic rings. The van der Waals surface area contributed by atoms with Crippen LogP contribution in [-0.2, 0) is 0 Å². The van der Waals surface area contributed by atoms with Crippen LogP contribution in [0.2, 0.25) is 0 Å². The zero-order valence-corrected chi connectivity index (χ0v) is 7.85. The molecular formula is C9H20N2. The molecule has 2 N–H and O–H groups in total. The van der Waals surface area contributed by atoms with Crippen LogP contribution in [0, 0.1) is 11.8 Å². The maximum Gasteiger partial charge on any atom is 0.0221 e. The summed E-state index contributed by atoms with van der Waals surface area (Å²) in [6, 6.07) is 0.684. The molecule has 1 rings (SSSR count). The lowest BCUT2D eigenvalue weighted by Gasteiger charge is -2.31. The SMILES string of the molecule is CC(C)[C@@H](C)[C@H]1CNCCN1. The average molecular weight is 156 g/mol. The van der Waals surface area contributed by atoms with Gasteiger partial charge in [-0.05, 0) is 11.8 Å². The Morgan fingerprint density at radius 2 is 1.91 bits per heavy atom. The lowest BCUT2D eigenvalue weighted by molar-refractivity contribution is 0.268. The maximum atomic E-state index is 3.54. The van der Waals surface area contributed by atoms with E-state index in [0.29, 0.717) is 6.04 Å². The summed E-state index contributed by atoms with van der Waals surface area (Å²) in [5.41, 5.74) is 0. The molecule has 2 heteroatoms. The molecule has 1 aliphatic heterocycles. The fourth-order valence-corrected chi connectivity index (χ4v) is 1.51. The van der Waals surface area contributed by atoms with Crippen molar-refractivity contribution >= 4 is 0 Å². The van der Waals surface area contributed by atoms with Crippen molar-refractivity contribution in [1.29, 1.82) is 0 Å². The van der Waals surface area contributed by atoms with Crippen LogP contribution in [0.25, 0.3) is 0 Å². The fourth-order valence-electron chi connectivity index (χ4n) is 1.51. The molecule has 0 aromatic heterocycles. The van der Waals surface area contributed by atoms with E-state index >= 15 is 0 Å². The molecular weight excluding hydrogens is 136 g/mol. The molecule has 1 heterocycles. The third kappa shape index (κ3) is 2.46. The highest BCUT2D eigenvalue weighted by Gasteiger charge is 2.20. The van der Waals surface area contributed by atoms with Gasteiger partial charge in [0.2, 0.25) is 0 Å². The van der Waals surface area contributed by atoms with Crippen molar-refractivity contribution in [1.82, 2.24) is 10.6 Å². The number of nitrogens with one attached hydrogen (secondary N) is 2. The van der Waals surface area contributed by atoms with Crippen molar-refractivity contribution in [3.8, 4) is 0 Å². The van der Waals surface area contributed by atoms with E-state index in [1.165, 1.54) is 0 Å². The van der Waals surface area contributed by atoms with Crippen molar-refractivity contribution < 1.29 is 0 Å². The van der Waals surface area contributed by atoms with E-state index in [0.717, 1.165) is 31.5 Å². The van der Waals surface area contributed by atoms with Crippen LogP contribution in [0.15, 0.2) is 0 Å². The zero-order valence-electron chi connectivity index (χ0n) is 7.85. The third-order valence-electron chi connectivity index (χ3n) is 2.76. The molecule has 0 aromatic rings. The fraction of sp³-hybridized carbons (Fsp3) is 1.00. The molecule has 1 fully saturated rings. The van der Waals surface area contributed by atoms with Crippen LogP contribution in [0.4, 0.5) is 0 Å². The molecule has 0 bridgehead atoms. The van der Waals surface area contributed by atoms with Gasteiger partial charge in [-0.2, -0.15) is 0 Å². The Labute approximate surface area is 69.8 Å². The topological polar surface area (TPSA) is 24.1 Å². The summed E-state index contributed by atoms with van der Waals surface area (Å²) in [4.78, 5) is 0. The van der Waals surface area contributed by atoms with Gasteiger partial charge in [-0.1, -0.05) is 20.8 Å². The minimum absolute atomic E-state index is 0.684. The Morgan fingerprint density at radius 3 is 2.36 bits per heavy atom. The molecule has 66 valence electrons. The molecule has 0 spiro atoms. The molecule has 0 saturated carbocycles. The van der Waals surface area contributed by atoms with Gasteiger partial charge in [-0.15, -0.1) is 0 Å². The van der Waals surface area contributed by atoms with Crippen molar-refractivity contribution in [2.75, 3.05) is 19.6 Å². The summed E-state index contributed by atoms with van der Waals surface area (Å²) in [6.45, 7) is 10.3. The van der Waals surface area contributed by atoms with E-state index in [1.807, 2.05) is 0 Å². The second kappa shape index (κ2) is 4.07. The van der Waals surface area contributed by atoms with Crippen LogP contribution in [-0.4, -0.2) is 25.7 Å². The van der Waals surface area contributed by atoms with Gasteiger partial charge < -0.3 is 10.6 Å². The Morgan fingerprint density at radius 1 is 1.18 bits per heavy atom. The van der Waals surface area contributed by atoms with Gasteiger partial charge in [0, 0.05) is 25.7 Å². The first-order valence-electron chi connectivity index (χ1n) is 4.66. The summed E-state index contributed by atoms with van der Waals surface area (Å²) >= 11 is 0. The minimum atomic E-state index is 0.684. The molecule has 0 radical (unpaired) electrons. The van der Waals surface area contributed by atoms with Gasteiger partial charge in [0.05, 0.1) is 0 Å². The van der Waals surface area contributed by atoms with Crippen LogP contribution in [0.1, 0.15) is 20.8 Å². The predicted molar refractivity (Wildman–Crippen MR) is 48.7 cm³/mol. The normalized spacial score (nSPS) is 28.9. The van der Waals surface area contributed by atoms with Crippen molar-refractivity contribution in [2.45, 2.75) is 26.8 Å². The molecule has 0 amide bonds. The third-order valence-corrected chi connectivity index (χ3v) is 2.76. The van der Waals surface area contributed by atoms with Crippen LogP contribution < -0.4 is 10.6 Å². The lowest BCUT2D eigenvalue weighted by Crippen LogP contribution is -2.52. The standard InChI is InChI=1S/C9H20N2/c1-7(2)8(3)9-6-10-4-5-11-9/h7-11H,4-6H2,1-3H3/t8-,9-/m1/s1. The second-order valence-corrected chi connectivity index (χ2v) is 3.87. The predicted octanol–water partition coefficient (Wildman–Crippen LogP) is 0.840. The number of hydrogen-bond acceptors (Lipinski definition) is 2. The van der Waals surface area contributed by atoms with Gasteiger partial charge in [0.15, 0.2) is 0 Å². The van der Waals surface area contributed by atoms with E-state index in [4.69, 9.17) is 0 Å². The Kier molecular flexibility index (Phi) is 3.34. The molecule has 0 aliphatic carbocycles. The molecule has 0 unspecified atom stereocenters. The largest absolute Gasteiger partial charge is 0.314 e. The van der Waals surface area contributed by atoms with Crippen molar-refractivity contribution in [2.24, 2.45) is 11.8 Å². The summed E-state index contributed by atoms with van der Waals surface area (Å²) in [5.74, 6) is 1.56. The quantitative estimate of drug-likeness (QED) is 0.619. The highest BCUT2D eigenvalue weighted by molar-refractivity contribution is 4.81. The smallest absolute Gasteiger partial charge is 0.0221 e. The van der Waals surface area contributed by atoms with E-state index in [-0.39, 0.29) is 0 Å². The summed E-state index contributed by atoms with van der Waals surface area (Å²) < 4.78 is 0. The Bertz CT molecular complexity index is 106. The maximum absolute atomic E-state index is 3.54. The first-order valence-corrected chi connectivity index (χ1v) is 4.66. The van der Waals surface area contributed by atoms with Gasteiger partial charge in [0.1, 0.15) is 0 Å². The van der Waals surface area contributed by atoms with E-state index < -0.39 is 0 Å². The van der Waals surface area contributed by atoms with E-state index in [9.17, 15) is 0 Å². The van der Waals surface area contributed by atoms with Crippen molar-refractivity contribution in [3.63, 3.8) is 0 Å². The van der Waals surface area contributed by atoms with Gasteiger partial charge >= 0.3 is 0 Å². The molecule has 0 aromatic carbocycles. The van der Waals surface area contributed by atoms with Crippen LogP contribution in [0.3, 0.4) is 0 Å². The Balaban J connectivity index is 2.32. The van der Waals surface area contributed by atoms with Gasteiger partial charge in [0.25, 0.3) is 0 Å². The van der Waals surface area contributed by atoms with Gasteiger partial charge in [-0.3, -0.25) is 0 Å². The molecule has 2 atom stereocenters. The summed E-state index contributed by atoms with van der Waals surface area (Å²) in [5, 5.41) is 6.95. The molecule has 2 nitrogen and oxygen atoms in total. The average Bonchev–Trinajstić information content (AvgIpc) is 2.05. The zero-order chi connectivity index (χ0) is 8.27. The molecule has 1 saturated heterocycles. The lowest BCUT2D eigenvalue weighted by atomic mass is 9.89. The summed E-state index contributed by atoms with van der Waals surface area (Å²) in [7, 11) is 0. The first-order chi connectivity index (χ1) is 5.22. The van der Waals surface area contributed by atoms with E-state index in [1.54, 1.807) is 0 Å². The molecule has 11 heavy (non-hydrogen) atoms. The monoisotopic (exact) mass is 156 g/mol. The highest BCUT2D eigenvalue weighted by Crippen LogP contribution is 2.14. The number of piperazine rings is 1. The summed E-state index contributed by atoms with van der Waals surface area (Å²) in [6.07, 6.45) is 0. The highest BCUT2D eigenvalue weighted by atomic mass is 15.1. The van der Waals surface area contributed by atoms with Crippen molar-refractivity contribution in [3.05, 3.63) is 0 Å². The van der Waals surface area contributed by atoms with E-state index in [2.05, 4.69) is 31.4 Å². The van der Waals surface area contributed by atoms with Gasteiger partial charge in [-0.25, -0.2) is 0 Å². The minimum Gasteiger partial charge on any atom is -0.314 e. The first kappa shape index (κ1) is 9.01. The second-order valence-electron chi connectivity index (χ2n) is 3.87. The van der Waals surface area contributed by atoms with Crippen LogP contribution in [0.5, 0.6) is 0 Å². The van der Waals surface area contributed by atoms with Crippen LogP contribution >= 0.6 is 0 Å². The Hall–Kier alpha value is -0.0800. The number of hydrogen-bond donors (Lipinski definition) is 2.